The van der Waals surface area contributed by atoms with Crippen LogP contribution >= 0.6 is 0 Å². The third kappa shape index (κ3) is 4.81. The van der Waals surface area contributed by atoms with Crippen LogP contribution in [0.1, 0.15) is 19.4 Å². The zero-order valence-electron chi connectivity index (χ0n) is 8.94. The van der Waals surface area contributed by atoms with Crippen LogP contribution in [0.2, 0.25) is 0 Å². The van der Waals surface area contributed by atoms with E-state index in [4.69, 9.17) is 4.74 Å². The Labute approximate surface area is 89.9 Å². The zero-order valence-corrected chi connectivity index (χ0v) is 8.94. The van der Waals surface area contributed by atoms with Gasteiger partial charge in [-0.3, -0.25) is 0 Å². The van der Waals surface area contributed by atoms with Crippen LogP contribution in [-0.2, 0) is 9.53 Å². The predicted octanol–water partition coefficient (Wildman–Crippen LogP) is 3.17. The molecule has 78 valence electrons. The van der Waals surface area contributed by atoms with Crippen molar-refractivity contribution in [1.29, 1.82) is 0 Å². The van der Waals surface area contributed by atoms with Gasteiger partial charge >= 0.3 is 5.97 Å². The maximum atomic E-state index is 11.1. The van der Waals surface area contributed by atoms with Crippen molar-refractivity contribution in [3.05, 3.63) is 53.8 Å². The molecule has 0 fully saturated rings. The molecule has 0 N–H and O–H groups in total. The van der Waals surface area contributed by atoms with Crippen molar-refractivity contribution in [2.45, 2.75) is 13.8 Å². The van der Waals surface area contributed by atoms with Crippen molar-refractivity contribution in [3.8, 4) is 0 Å². The highest BCUT2D eigenvalue weighted by Crippen LogP contribution is 2.01. The molecule has 2 nitrogen and oxygen atoms in total. The number of hydrogen-bond acceptors (Lipinski definition) is 2. The van der Waals surface area contributed by atoms with Gasteiger partial charge in [0, 0.05) is 6.08 Å². The van der Waals surface area contributed by atoms with Crippen LogP contribution in [0.5, 0.6) is 0 Å². The molecule has 0 saturated carbocycles. The van der Waals surface area contributed by atoms with Crippen LogP contribution < -0.4 is 0 Å². The van der Waals surface area contributed by atoms with Crippen LogP contribution in [0, 0.1) is 0 Å². The van der Waals surface area contributed by atoms with E-state index in [1.165, 1.54) is 12.3 Å². The Kier molecular flexibility index (Phi) is 4.35. The van der Waals surface area contributed by atoms with Crippen molar-refractivity contribution < 1.29 is 9.53 Å². The molecule has 15 heavy (non-hydrogen) atoms. The lowest BCUT2D eigenvalue weighted by molar-refractivity contribution is -0.132. The zero-order chi connectivity index (χ0) is 11.1. The molecule has 1 aromatic rings. The highest BCUT2D eigenvalue weighted by molar-refractivity contribution is 5.83. The lowest BCUT2D eigenvalue weighted by atomic mass is 10.2. The SMILES string of the molecule is CC(C)=CC(=O)OC=Cc1ccccc1. The molecule has 0 aliphatic rings. The summed E-state index contributed by atoms with van der Waals surface area (Å²) in [6.45, 7) is 3.70. The molecule has 0 amide bonds. The smallest absolute Gasteiger partial charge is 0.335 e. The van der Waals surface area contributed by atoms with Gasteiger partial charge in [0.2, 0.25) is 0 Å². The quantitative estimate of drug-likeness (QED) is 0.427. The summed E-state index contributed by atoms with van der Waals surface area (Å²) >= 11 is 0. The molecule has 0 radical (unpaired) electrons. The minimum Gasteiger partial charge on any atom is -0.431 e. The van der Waals surface area contributed by atoms with Crippen LogP contribution in [-0.4, -0.2) is 5.97 Å². The first-order valence-corrected chi connectivity index (χ1v) is 4.75. The normalized spacial score (nSPS) is 10.0. The van der Waals surface area contributed by atoms with Crippen molar-refractivity contribution in [3.63, 3.8) is 0 Å². The van der Waals surface area contributed by atoms with E-state index in [1.807, 2.05) is 44.2 Å². The van der Waals surface area contributed by atoms with E-state index in [2.05, 4.69) is 0 Å². The second-order valence-corrected chi connectivity index (χ2v) is 3.37. The van der Waals surface area contributed by atoms with Gasteiger partial charge in [0.1, 0.15) is 0 Å². The summed E-state index contributed by atoms with van der Waals surface area (Å²) in [6, 6.07) is 9.66. The van der Waals surface area contributed by atoms with E-state index in [1.54, 1.807) is 6.08 Å². The molecule has 0 saturated heterocycles. The Morgan fingerprint density at radius 1 is 1.20 bits per heavy atom. The maximum Gasteiger partial charge on any atom is 0.335 e. The summed E-state index contributed by atoms with van der Waals surface area (Å²) < 4.78 is 4.86. The van der Waals surface area contributed by atoms with Crippen molar-refractivity contribution in [1.82, 2.24) is 0 Å². The maximum absolute atomic E-state index is 11.1. The van der Waals surface area contributed by atoms with Crippen molar-refractivity contribution >= 4 is 12.0 Å². The first-order valence-electron chi connectivity index (χ1n) is 4.75. The predicted molar refractivity (Wildman–Crippen MR) is 61.0 cm³/mol. The number of rotatable bonds is 3. The van der Waals surface area contributed by atoms with Crippen LogP contribution in [0.25, 0.3) is 6.08 Å². The monoisotopic (exact) mass is 202 g/mol. The molecule has 0 unspecified atom stereocenters. The number of benzene rings is 1. The highest BCUT2D eigenvalue weighted by Gasteiger charge is 1.93. The van der Waals surface area contributed by atoms with Gasteiger partial charge in [-0.2, -0.15) is 0 Å². The lowest BCUT2D eigenvalue weighted by Crippen LogP contribution is -1.94. The summed E-state index contributed by atoms with van der Waals surface area (Å²) in [6.07, 6.45) is 4.60. The van der Waals surface area contributed by atoms with Gasteiger partial charge < -0.3 is 4.74 Å². The standard InChI is InChI=1S/C13H14O2/c1-11(2)10-13(14)15-9-8-12-6-4-3-5-7-12/h3-10H,1-2H3. The largest absolute Gasteiger partial charge is 0.431 e. The molecule has 1 aromatic carbocycles. The number of carbonyl (C=O) groups excluding carboxylic acids is 1. The van der Waals surface area contributed by atoms with Gasteiger partial charge in [0.25, 0.3) is 0 Å². The van der Waals surface area contributed by atoms with Gasteiger partial charge in [0.15, 0.2) is 0 Å². The first-order chi connectivity index (χ1) is 7.18. The van der Waals surface area contributed by atoms with E-state index in [0.717, 1.165) is 11.1 Å². The van der Waals surface area contributed by atoms with E-state index in [-0.39, 0.29) is 5.97 Å². The molecular weight excluding hydrogens is 188 g/mol. The number of esters is 1. The molecule has 1 rings (SSSR count). The highest BCUT2D eigenvalue weighted by atomic mass is 16.5. The fourth-order valence-electron chi connectivity index (χ4n) is 1.01. The van der Waals surface area contributed by atoms with Gasteiger partial charge in [-0.15, -0.1) is 0 Å². The summed E-state index contributed by atoms with van der Waals surface area (Å²) in [7, 11) is 0. The van der Waals surface area contributed by atoms with E-state index >= 15 is 0 Å². The molecular formula is C13H14O2. The third-order valence-electron chi connectivity index (χ3n) is 1.65. The van der Waals surface area contributed by atoms with Crippen LogP contribution in [0.3, 0.4) is 0 Å². The molecule has 2 heteroatoms. The van der Waals surface area contributed by atoms with Crippen molar-refractivity contribution in [2.75, 3.05) is 0 Å². The number of ether oxygens (including phenoxy) is 1. The molecule has 0 spiro atoms. The minimum absolute atomic E-state index is 0.345. The molecule has 0 heterocycles. The van der Waals surface area contributed by atoms with Crippen molar-refractivity contribution in [2.24, 2.45) is 0 Å². The summed E-state index contributed by atoms with van der Waals surface area (Å²) in [4.78, 5) is 11.1. The van der Waals surface area contributed by atoms with Gasteiger partial charge in [-0.1, -0.05) is 35.9 Å². The van der Waals surface area contributed by atoms with Gasteiger partial charge in [0.05, 0.1) is 6.26 Å². The number of hydrogen-bond donors (Lipinski definition) is 0. The third-order valence-corrected chi connectivity index (χ3v) is 1.65. The molecule has 0 aromatic heterocycles. The Morgan fingerprint density at radius 3 is 2.47 bits per heavy atom. The van der Waals surface area contributed by atoms with E-state index in [9.17, 15) is 4.79 Å². The topological polar surface area (TPSA) is 26.3 Å². The Morgan fingerprint density at radius 2 is 1.87 bits per heavy atom. The fourth-order valence-corrected chi connectivity index (χ4v) is 1.01. The number of allylic oxidation sites excluding steroid dienone is 1. The Hall–Kier alpha value is -1.83. The van der Waals surface area contributed by atoms with Crippen LogP contribution in [0.4, 0.5) is 0 Å². The Bertz CT molecular complexity index is 371. The average molecular weight is 202 g/mol. The van der Waals surface area contributed by atoms with Gasteiger partial charge in [-0.05, 0) is 25.5 Å². The summed E-state index contributed by atoms with van der Waals surface area (Å²) in [5.41, 5.74) is 1.93. The van der Waals surface area contributed by atoms with E-state index in [0.29, 0.717) is 0 Å². The van der Waals surface area contributed by atoms with Gasteiger partial charge in [-0.25, -0.2) is 4.79 Å². The number of carbonyl (C=O) groups is 1. The molecule has 0 atom stereocenters. The lowest BCUT2D eigenvalue weighted by Gasteiger charge is -1.94. The molecule has 0 aliphatic carbocycles. The summed E-state index contributed by atoms with van der Waals surface area (Å²) in [5, 5.41) is 0. The minimum atomic E-state index is -0.345. The molecule has 0 aliphatic heterocycles. The summed E-state index contributed by atoms with van der Waals surface area (Å²) in [5.74, 6) is -0.345. The van der Waals surface area contributed by atoms with Crippen LogP contribution in [0.15, 0.2) is 48.2 Å². The average Bonchev–Trinajstić information content (AvgIpc) is 2.18. The Balaban J connectivity index is 2.48. The second kappa shape index (κ2) is 5.81. The molecule has 0 bridgehead atoms. The fraction of sp³-hybridized carbons (Fsp3) is 0.154. The van der Waals surface area contributed by atoms with E-state index < -0.39 is 0 Å². The first kappa shape index (κ1) is 11.2. The second-order valence-electron chi connectivity index (χ2n) is 3.37.